The molecule has 0 saturated heterocycles. The lowest BCUT2D eigenvalue weighted by Gasteiger charge is -1.99. The molecule has 2 aromatic heterocycles. The molecule has 0 atom stereocenters. The van der Waals surface area contributed by atoms with Crippen molar-refractivity contribution in [2.75, 3.05) is 0 Å². The van der Waals surface area contributed by atoms with Gasteiger partial charge in [0, 0.05) is 27.7 Å². The van der Waals surface area contributed by atoms with Crippen molar-refractivity contribution < 1.29 is 9.59 Å². The van der Waals surface area contributed by atoms with Gasteiger partial charge in [-0.3, -0.25) is 9.59 Å². The number of tetrazole rings is 1. The average molecular weight is 290 g/mol. The lowest BCUT2D eigenvalue weighted by Crippen LogP contribution is -2.16. The number of fused-ring (bicyclic) bond motifs is 1. The maximum absolute atomic E-state index is 12.2. The summed E-state index contributed by atoms with van der Waals surface area (Å²) >= 11 is 5.92. The quantitative estimate of drug-likeness (QED) is 0.450. The standard InChI is InChI=1S/C12H8ClN5O2/c13-7-1-2-10-8(3-7)9(5-14-10)11(19)4-12(20)18-6-15-16-17-18/h1-3,5-6,14H,4H2. The summed E-state index contributed by atoms with van der Waals surface area (Å²) in [7, 11) is 0. The molecule has 3 aromatic rings. The lowest BCUT2D eigenvalue weighted by molar-refractivity contribution is 0.0829. The van der Waals surface area contributed by atoms with Crippen LogP contribution in [-0.4, -0.2) is 36.9 Å². The van der Waals surface area contributed by atoms with Gasteiger partial charge in [-0.15, -0.1) is 5.10 Å². The van der Waals surface area contributed by atoms with E-state index in [1.165, 1.54) is 0 Å². The molecule has 0 aliphatic rings. The minimum atomic E-state index is -0.489. The molecule has 20 heavy (non-hydrogen) atoms. The Morgan fingerprint density at radius 1 is 1.35 bits per heavy atom. The first-order valence-corrected chi connectivity index (χ1v) is 6.09. The van der Waals surface area contributed by atoms with Crippen molar-refractivity contribution in [1.29, 1.82) is 0 Å². The Labute approximate surface area is 117 Å². The highest BCUT2D eigenvalue weighted by atomic mass is 35.5. The van der Waals surface area contributed by atoms with Crippen LogP contribution in [-0.2, 0) is 0 Å². The van der Waals surface area contributed by atoms with Gasteiger partial charge < -0.3 is 4.98 Å². The van der Waals surface area contributed by atoms with Crippen molar-refractivity contribution in [3.05, 3.63) is 41.3 Å². The molecule has 0 fully saturated rings. The van der Waals surface area contributed by atoms with E-state index in [1.54, 1.807) is 24.4 Å². The van der Waals surface area contributed by atoms with Crippen LogP contribution in [0.3, 0.4) is 0 Å². The summed E-state index contributed by atoms with van der Waals surface area (Å²) in [5.74, 6) is -0.810. The van der Waals surface area contributed by atoms with Gasteiger partial charge in [-0.05, 0) is 28.6 Å². The van der Waals surface area contributed by atoms with E-state index in [2.05, 4.69) is 20.5 Å². The molecule has 8 heteroatoms. The van der Waals surface area contributed by atoms with Crippen molar-refractivity contribution in [2.45, 2.75) is 6.42 Å². The molecule has 0 amide bonds. The number of ketones is 1. The smallest absolute Gasteiger partial charge is 0.257 e. The third-order valence-electron chi connectivity index (χ3n) is 2.86. The number of nitrogens with zero attached hydrogens (tertiary/aromatic N) is 4. The normalized spacial score (nSPS) is 10.8. The number of nitrogens with one attached hydrogen (secondary N) is 1. The number of aromatic nitrogens is 5. The Morgan fingerprint density at radius 3 is 2.95 bits per heavy atom. The molecule has 7 nitrogen and oxygen atoms in total. The fourth-order valence-corrected chi connectivity index (χ4v) is 2.08. The van der Waals surface area contributed by atoms with Crippen molar-refractivity contribution in [3.63, 3.8) is 0 Å². The van der Waals surface area contributed by atoms with E-state index in [0.29, 0.717) is 16.0 Å². The Kier molecular flexibility index (Phi) is 3.03. The van der Waals surface area contributed by atoms with Gasteiger partial charge in [0.15, 0.2) is 5.78 Å². The number of carbonyl (C=O) groups excluding carboxylic acids is 2. The summed E-state index contributed by atoms with van der Waals surface area (Å²) in [4.78, 5) is 26.9. The minimum Gasteiger partial charge on any atom is -0.360 e. The number of hydrogen-bond donors (Lipinski definition) is 1. The van der Waals surface area contributed by atoms with Gasteiger partial charge in [0.1, 0.15) is 6.33 Å². The van der Waals surface area contributed by atoms with Gasteiger partial charge in [0.2, 0.25) is 0 Å². The van der Waals surface area contributed by atoms with E-state index in [4.69, 9.17) is 11.6 Å². The topological polar surface area (TPSA) is 93.5 Å². The summed E-state index contributed by atoms with van der Waals surface area (Å²) in [5, 5.41) is 11.4. The molecular formula is C12H8ClN5O2. The molecule has 0 saturated carbocycles. The van der Waals surface area contributed by atoms with E-state index in [1.807, 2.05) is 0 Å². The van der Waals surface area contributed by atoms with Gasteiger partial charge in [-0.1, -0.05) is 11.6 Å². The van der Waals surface area contributed by atoms with Gasteiger partial charge in [-0.2, -0.15) is 4.68 Å². The SMILES string of the molecule is O=C(CC(=O)n1cnnn1)c1c[nH]c2ccc(Cl)cc12. The molecular weight excluding hydrogens is 282 g/mol. The maximum atomic E-state index is 12.2. The maximum Gasteiger partial charge on any atom is 0.257 e. The van der Waals surface area contributed by atoms with Crippen LogP contribution in [0.4, 0.5) is 0 Å². The van der Waals surface area contributed by atoms with E-state index in [9.17, 15) is 9.59 Å². The molecule has 0 aliphatic carbocycles. The van der Waals surface area contributed by atoms with Gasteiger partial charge in [0.05, 0.1) is 6.42 Å². The van der Waals surface area contributed by atoms with Crippen molar-refractivity contribution in [2.24, 2.45) is 0 Å². The van der Waals surface area contributed by atoms with Crippen LogP contribution in [0.2, 0.25) is 5.02 Å². The molecule has 2 heterocycles. The van der Waals surface area contributed by atoms with E-state index >= 15 is 0 Å². The average Bonchev–Trinajstić information content (AvgIpc) is 3.07. The minimum absolute atomic E-state index is 0.315. The third-order valence-corrected chi connectivity index (χ3v) is 3.10. The number of carbonyl (C=O) groups is 2. The zero-order valence-electron chi connectivity index (χ0n) is 10.1. The van der Waals surface area contributed by atoms with Crippen molar-refractivity contribution in [1.82, 2.24) is 25.2 Å². The molecule has 0 unspecified atom stereocenters. The lowest BCUT2D eigenvalue weighted by atomic mass is 10.1. The molecule has 0 bridgehead atoms. The summed E-state index contributed by atoms with van der Waals surface area (Å²) in [6.07, 6.45) is 2.41. The van der Waals surface area contributed by atoms with Crippen LogP contribution < -0.4 is 0 Å². The molecule has 0 radical (unpaired) electrons. The summed E-state index contributed by atoms with van der Waals surface area (Å²) < 4.78 is 0.930. The fraction of sp³-hybridized carbons (Fsp3) is 0.0833. The van der Waals surface area contributed by atoms with Crippen LogP contribution >= 0.6 is 11.6 Å². The van der Waals surface area contributed by atoms with Gasteiger partial charge >= 0.3 is 0 Å². The molecule has 1 aromatic carbocycles. The van der Waals surface area contributed by atoms with Crippen molar-refractivity contribution >= 4 is 34.2 Å². The molecule has 0 aliphatic heterocycles. The number of Topliss-reactive ketones (excluding diaryl/α,β-unsaturated/α-hetero) is 1. The highest BCUT2D eigenvalue weighted by molar-refractivity contribution is 6.31. The number of aromatic amines is 1. The van der Waals surface area contributed by atoms with E-state index in [-0.39, 0.29) is 12.2 Å². The molecule has 0 spiro atoms. The number of halogens is 1. The Morgan fingerprint density at radius 2 is 2.20 bits per heavy atom. The second-order valence-electron chi connectivity index (χ2n) is 4.14. The number of rotatable bonds is 3. The Hall–Kier alpha value is -2.54. The van der Waals surface area contributed by atoms with Crippen LogP contribution in [0.5, 0.6) is 0 Å². The number of hydrogen-bond acceptors (Lipinski definition) is 5. The van der Waals surface area contributed by atoms with Crippen LogP contribution in [0, 0.1) is 0 Å². The Bertz CT molecular complexity index is 793. The molecule has 1 N–H and O–H groups in total. The summed E-state index contributed by atoms with van der Waals surface area (Å²) in [6, 6.07) is 5.18. The predicted molar refractivity (Wildman–Crippen MR) is 70.7 cm³/mol. The molecule has 100 valence electrons. The van der Waals surface area contributed by atoms with Crippen LogP contribution in [0.25, 0.3) is 10.9 Å². The van der Waals surface area contributed by atoms with E-state index < -0.39 is 5.91 Å². The zero-order chi connectivity index (χ0) is 14.1. The predicted octanol–water partition coefficient (Wildman–Crippen LogP) is 1.72. The number of H-pyrrole nitrogens is 1. The largest absolute Gasteiger partial charge is 0.360 e. The zero-order valence-corrected chi connectivity index (χ0v) is 10.8. The van der Waals surface area contributed by atoms with Crippen molar-refractivity contribution in [3.8, 4) is 0 Å². The van der Waals surface area contributed by atoms with Crippen LogP contribution in [0.15, 0.2) is 30.7 Å². The Balaban J connectivity index is 1.89. The highest BCUT2D eigenvalue weighted by Crippen LogP contribution is 2.23. The highest BCUT2D eigenvalue weighted by Gasteiger charge is 2.17. The second-order valence-corrected chi connectivity index (χ2v) is 4.58. The first-order valence-electron chi connectivity index (χ1n) is 5.71. The number of benzene rings is 1. The first kappa shape index (κ1) is 12.5. The second kappa shape index (κ2) is 4.86. The summed E-state index contributed by atoms with van der Waals surface area (Å²) in [5.41, 5.74) is 1.21. The fourth-order valence-electron chi connectivity index (χ4n) is 1.91. The van der Waals surface area contributed by atoms with Crippen LogP contribution in [0.1, 0.15) is 21.6 Å². The monoisotopic (exact) mass is 289 g/mol. The third kappa shape index (κ3) is 2.19. The van der Waals surface area contributed by atoms with E-state index in [0.717, 1.165) is 16.5 Å². The summed E-state index contributed by atoms with van der Waals surface area (Å²) in [6.45, 7) is 0. The first-order chi connectivity index (χ1) is 9.65. The van der Waals surface area contributed by atoms with Gasteiger partial charge in [-0.25, -0.2) is 0 Å². The molecule has 3 rings (SSSR count). The van der Waals surface area contributed by atoms with Gasteiger partial charge in [0.25, 0.3) is 5.91 Å².